The first-order valence-corrected chi connectivity index (χ1v) is 5.96. The largest absolute Gasteiger partial charge is 0.383 e. The molecule has 7 heteroatoms. The van der Waals surface area contributed by atoms with Gasteiger partial charge in [0.1, 0.15) is 12.4 Å². The van der Waals surface area contributed by atoms with Gasteiger partial charge in [0.25, 0.3) is 11.7 Å². The molecule has 1 aromatic rings. The summed E-state index contributed by atoms with van der Waals surface area (Å²) < 4.78 is 18.5. The van der Waals surface area contributed by atoms with Crippen LogP contribution in [-0.2, 0) is 14.3 Å². The number of benzene rings is 1. The lowest BCUT2D eigenvalue weighted by Gasteiger charge is -2.16. The highest BCUT2D eigenvalue weighted by Gasteiger charge is 2.38. The van der Waals surface area contributed by atoms with E-state index in [1.165, 1.54) is 19.2 Å². The lowest BCUT2D eigenvalue weighted by Crippen LogP contribution is -2.41. The second kappa shape index (κ2) is 5.79. The molecule has 2 rings (SSSR count). The van der Waals surface area contributed by atoms with Crippen molar-refractivity contribution in [2.24, 2.45) is 0 Å². The second-order valence-corrected chi connectivity index (χ2v) is 4.20. The van der Waals surface area contributed by atoms with Crippen LogP contribution in [0.2, 0.25) is 0 Å². The van der Waals surface area contributed by atoms with Gasteiger partial charge in [0.05, 0.1) is 17.9 Å². The van der Waals surface area contributed by atoms with E-state index in [-0.39, 0.29) is 17.8 Å². The number of carbonyl (C=O) groups excluding carboxylic acids is 3. The first-order valence-electron chi connectivity index (χ1n) is 5.96. The van der Waals surface area contributed by atoms with E-state index in [0.717, 1.165) is 11.0 Å². The Kier molecular flexibility index (Phi) is 4.09. The van der Waals surface area contributed by atoms with Crippen molar-refractivity contribution in [3.05, 3.63) is 29.6 Å². The molecule has 2 amide bonds. The van der Waals surface area contributed by atoms with Crippen molar-refractivity contribution in [1.29, 1.82) is 0 Å². The zero-order valence-electron chi connectivity index (χ0n) is 10.8. The van der Waals surface area contributed by atoms with Crippen molar-refractivity contribution in [2.75, 3.05) is 31.7 Å². The molecule has 0 spiro atoms. The van der Waals surface area contributed by atoms with E-state index < -0.39 is 30.0 Å². The number of anilines is 1. The number of para-hydroxylation sites is 1. The number of nitrogens with zero attached hydrogens (tertiary/aromatic N) is 1. The van der Waals surface area contributed by atoms with Crippen molar-refractivity contribution in [1.82, 2.24) is 5.32 Å². The van der Waals surface area contributed by atoms with Gasteiger partial charge < -0.3 is 10.1 Å². The maximum Gasteiger partial charge on any atom is 0.300 e. The predicted octanol–water partition coefficient (Wildman–Crippen LogP) is 0.118. The summed E-state index contributed by atoms with van der Waals surface area (Å²) in [5, 5.41) is 2.50. The average Bonchev–Trinajstić information content (AvgIpc) is 2.66. The number of hydrogen-bond acceptors (Lipinski definition) is 4. The molecule has 20 heavy (non-hydrogen) atoms. The van der Waals surface area contributed by atoms with Crippen LogP contribution in [0.4, 0.5) is 10.1 Å². The molecule has 0 radical (unpaired) electrons. The molecule has 0 fully saturated rings. The van der Waals surface area contributed by atoms with Gasteiger partial charge in [-0.1, -0.05) is 6.07 Å². The minimum atomic E-state index is -0.896. The highest BCUT2D eigenvalue weighted by Crippen LogP contribution is 2.31. The van der Waals surface area contributed by atoms with Crippen molar-refractivity contribution >= 4 is 23.3 Å². The number of methoxy groups -OCH3 is 1. The Labute approximate surface area is 114 Å². The molecule has 1 N–H and O–H groups in total. The van der Waals surface area contributed by atoms with E-state index in [1.54, 1.807) is 0 Å². The number of fused-ring (bicyclic) bond motifs is 1. The molecule has 0 bridgehead atoms. The van der Waals surface area contributed by atoms with Gasteiger partial charge in [0.2, 0.25) is 5.91 Å². The Bertz CT molecular complexity index is 573. The summed E-state index contributed by atoms with van der Waals surface area (Å²) in [7, 11) is 1.49. The van der Waals surface area contributed by atoms with Crippen LogP contribution in [0.15, 0.2) is 18.2 Å². The van der Waals surface area contributed by atoms with E-state index >= 15 is 0 Å². The fourth-order valence-corrected chi connectivity index (χ4v) is 1.96. The lowest BCUT2D eigenvalue weighted by molar-refractivity contribution is -0.122. The molecular formula is C13H13FN2O4. The van der Waals surface area contributed by atoms with Crippen molar-refractivity contribution < 1.29 is 23.5 Å². The van der Waals surface area contributed by atoms with Gasteiger partial charge in [-0.2, -0.15) is 0 Å². The SMILES string of the molecule is COCCNC(=O)CN1C(=O)C(=O)c2cccc(F)c21. The number of ketones is 1. The van der Waals surface area contributed by atoms with Crippen LogP contribution in [-0.4, -0.2) is 44.4 Å². The van der Waals surface area contributed by atoms with Gasteiger partial charge in [-0.05, 0) is 12.1 Å². The molecule has 1 aliphatic rings. The van der Waals surface area contributed by atoms with E-state index in [2.05, 4.69) is 5.32 Å². The van der Waals surface area contributed by atoms with Crippen molar-refractivity contribution in [3.8, 4) is 0 Å². The molecule has 0 saturated heterocycles. The molecule has 0 saturated carbocycles. The maximum atomic E-state index is 13.7. The van der Waals surface area contributed by atoms with Gasteiger partial charge in [0.15, 0.2) is 0 Å². The monoisotopic (exact) mass is 280 g/mol. The smallest absolute Gasteiger partial charge is 0.300 e. The van der Waals surface area contributed by atoms with E-state index in [1.807, 2.05) is 0 Å². The van der Waals surface area contributed by atoms with Gasteiger partial charge in [0, 0.05) is 13.7 Å². The Morgan fingerprint density at radius 3 is 2.85 bits per heavy atom. The average molecular weight is 280 g/mol. The Balaban J connectivity index is 2.16. The van der Waals surface area contributed by atoms with Gasteiger partial charge in [-0.25, -0.2) is 4.39 Å². The second-order valence-electron chi connectivity index (χ2n) is 4.20. The van der Waals surface area contributed by atoms with E-state index in [4.69, 9.17) is 4.74 Å². The Hall–Kier alpha value is -2.28. The molecule has 1 heterocycles. The fraction of sp³-hybridized carbons (Fsp3) is 0.308. The molecular weight excluding hydrogens is 267 g/mol. The minimum Gasteiger partial charge on any atom is -0.383 e. The van der Waals surface area contributed by atoms with Crippen molar-refractivity contribution in [2.45, 2.75) is 0 Å². The highest BCUT2D eigenvalue weighted by atomic mass is 19.1. The number of amides is 2. The predicted molar refractivity (Wildman–Crippen MR) is 68.0 cm³/mol. The first-order chi connectivity index (χ1) is 9.56. The first kappa shape index (κ1) is 14.1. The summed E-state index contributed by atoms with van der Waals surface area (Å²) in [6.07, 6.45) is 0. The lowest BCUT2D eigenvalue weighted by atomic mass is 10.1. The summed E-state index contributed by atoms with van der Waals surface area (Å²) >= 11 is 0. The molecule has 6 nitrogen and oxygen atoms in total. The van der Waals surface area contributed by atoms with Crippen LogP contribution in [0.5, 0.6) is 0 Å². The standard InChI is InChI=1S/C13H13FN2O4/c1-20-6-5-15-10(17)7-16-11-8(12(18)13(16)19)3-2-4-9(11)14/h2-4H,5-7H2,1H3,(H,15,17). The molecule has 1 aliphatic heterocycles. The summed E-state index contributed by atoms with van der Waals surface area (Å²) in [5.74, 6) is -2.89. The van der Waals surface area contributed by atoms with Gasteiger partial charge in [-0.15, -0.1) is 0 Å². The zero-order valence-corrected chi connectivity index (χ0v) is 10.8. The minimum absolute atomic E-state index is 0.0142. The summed E-state index contributed by atoms with van der Waals surface area (Å²) in [5.41, 5.74) is -0.149. The maximum absolute atomic E-state index is 13.7. The molecule has 0 aromatic heterocycles. The van der Waals surface area contributed by atoms with E-state index in [9.17, 15) is 18.8 Å². The van der Waals surface area contributed by atoms with Crippen LogP contribution in [0.3, 0.4) is 0 Å². The number of nitrogens with one attached hydrogen (secondary N) is 1. The van der Waals surface area contributed by atoms with Gasteiger partial charge >= 0.3 is 0 Å². The summed E-state index contributed by atoms with van der Waals surface area (Å²) in [6, 6.07) is 3.85. The van der Waals surface area contributed by atoms with Crippen LogP contribution < -0.4 is 10.2 Å². The molecule has 106 valence electrons. The molecule has 0 atom stereocenters. The van der Waals surface area contributed by atoms with Crippen LogP contribution >= 0.6 is 0 Å². The molecule has 1 aromatic carbocycles. The van der Waals surface area contributed by atoms with Crippen LogP contribution in [0, 0.1) is 5.82 Å². The van der Waals surface area contributed by atoms with Crippen LogP contribution in [0.1, 0.15) is 10.4 Å². The normalized spacial score (nSPS) is 13.6. The van der Waals surface area contributed by atoms with Crippen molar-refractivity contribution in [3.63, 3.8) is 0 Å². The third-order valence-corrected chi connectivity index (χ3v) is 2.87. The number of carbonyl (C=O) groups is 3. The number of Topliss-reactive ketones (excluding diaryl/α,β-unsaturated/α-hetero) is 1. The quantitative estimate of drug-likeness (QED) is 0.614. The molecule has 0 aliphatic carbocycles. The number of rotatable bonds is 5. The third-order valence-electron chi connectivity index (χ3n) is 2.87. The number of ether oxygens (including phenoxy) is 1. The highest BCUT2D eigenvalue weighted by molar-refractivity contribution is 6.52. The summed E-state index contributed by atoms with van der Waals surface area (Å²) in [6.45, 7) is 0.196. The Morgan fingerprint density at radius 1 is 1.40 bits per heavy atom. The topological polar surface area (TPSA) is 75.7 Å². The van der Waals surface area contributed by atoms with Gasteiger partial charge in [-0.3, -0.25) is 19.3 Å². The number of hydrogen-bond donors (Lipinski definition) is 1. The molecule has 0 unspecified atom stereocenters. The Morgan fingerprint density at radius 2 is 2.15 bits per heavy atom. The fourth-order valence-electron chi connectivity index (χ4n) is 1.96. The third kappa shape index (κ3) is 2.53. The van der Waals surface area contributed by atoms with Crippen LogP contribution in [0.25, 0.3) is 0 Å². The summed E-state index contributed by atoms with van der Waals surface area (Å²) in [4.78, 5) is 36.0. The zero-order chi connectivity index (χ0) is 14.7. The number of halogens is 1. The van der Waals surface area contributed by atoms with E-state index in [0.29, 0.717) is 6.61 Å².